The van der Waals surface area contributed by atoms with Gasteiger partial charge in [0, 0.05) is 10.3 Å². The highest BCUT2D eigenvalue weighted by Crippen LogP contribution is 2.24. The molecule has 1 rings (SSSR count). The number of hydrogen-bond acceptors (Lipinski definition) is 3. The van der Waals surface area contributed by atoms with Crippen molar-refractivity contribution in [2.45, 2.75) is 25.5 Å². The van der Waals surface area contributed by atoms with Gasteiger partial charge in [-0.2, -0.15) is 0 Å². The molecule has 0 fully saturated rings. The molecular weight excluding hydrogens is 220 g/mol. The molecular formula is C13H18O2S. The second-order valence-corrected chi connectivity index (χ2v) is 6.36. The summed E-state index contributed by atoms with van der Waals surface area (Å²) in [5.41, 5.74) is 0.719. The zero-order valence-electron chi connectivity index (χ0n) is 10.2. The number of benzene rings is 1. The van der Waals surface area contributed by atoms with Crippen LogP contribution in [0.1, 0.15) is 31.1 Å². The summed E-state index contributed by atoms with van der Waals surface area (Å²) < 4.78 is 5.21. The minimum absolute atomic E-state index is 0.120. The van der Waals surface area contributed by atoms with Gasteiger partial charge in [-0.15, -0.1) is 11.8 Å². The van der Waals surface area contributed by atoms with Crippen LogP contribution in [0, 0.1) is 0 Å². The maximum atomic E-state index is 11.9. The fourth-order valence-corrected chi connectivity index (χ4v) is 1.89. The van der Waals surface area contributed by atoms with Gasteiger partial charge in [-0.1, -0.05) is 32.9 Å². The summed E-state index contributed by atoms with van der Waals surface area (Å²) in [7, 11) is 1.60. The van der Waals surface area contributed by atoms with Gasteiger partial charge in [0.25, 0.3) is 0 Å². The van der Waals surface area contributed by atoms with Crippen molar-refractivity contribution in [3.05, 3.63) is 29.8 Å². The first-order valence-electron chi connectivity index (χ1n) is 5.23. The van der Waals surface area contributed by atoms with Gasteiger partial charge >= 0.3 is 0 Å². The number of carbonyl (C=O) groups is 1. The van der Waals surface area contributed by atoms with Crippen molar-refractivity contribution in [2.75, 3.05) is 12.9 Å². The summed E-state index contributed by atoms with van der Waals surface area (Å²) in [4.78, 5) is 11.9. The Bertz CT molecular complexity index is 366. The molecule has 0 spiro atoms. The Morgan fingerprint density at radius 3 is 2.62 bits per heavy atom. The van der Waals surface area contributed by atoms with Crippen molar-refractivity contribution in [2.24, 2.45) is 0 Å². The SMILES string of the molecule is COc1cccc(C(=O)CSC(C)(C)C)c1. The van der Waals surface area contributed by atoms with Crippen molar-refractivity contribution in [3.63, 3.8) is 0 Å². The van der Waals surface area contributed by atoms with Crippen LogP contribution in [0.4, 0.5) is 0 Å². The molecule has 1 aromatic carbocycles. The van der Waals surface area contributed by atoms with Gasteiger partial charge in [-0.3, -0.25) is 4.79 Å². The van der Waals surface area contributed by atoms with E-state index in [4.69, 9.17) is 4.74 Å². The number of hydrogen-bond donors (Lipinski definition) is 0. The van der Waals surface area contributed by atoms with Crippen LogP contribution < -0.4 is 4.74 Å². The second-order valence-electron chi connectivity index (χ2n) is 4.56. The molecule has 0 bridgehead atoms. The Balaban J connectivity index is 2.66. The van der Waals surface area contributed by atoms with E-state index < -0.39 is 0 Å². The molecule has 1 aromatic rings. The van der Waals surface area contributed by atoms with Crippen LogP contribution in [0.3, 0.4) is 0 Å². The number of Topliss-reactive ketones (excluding diaryl/α,β-unsaturated/α-hetero) is 1. The highest BCUT2D eigenvalue weighted by molar-refractivity contribution is 8.01. The van der Waals surface area contributed by atoms with E-state index in [0.29, 0.717) is 5.75 Å². The fourth-order valence-electron chi connectivity index (χ4n) is 1.16. The molecule has 0 heterocycles. The predicted molar refractivity (Wildman–Crippen MR) is 69.5 cm³/mol. The maximum absolute atomic E-state index is 11.9. The average Bonchev–Trinajstić information content (AvgIpc) is 2.25. The summed E-state index contributed by atoms with van der Waals surface area (Å²) in [6, 6.07) is 7.29. The van der Waals surface area contributed by atoms with E-state index in [-0.39, 0.29) is 10.5 Å². The zero-order valence-corrected chi connectivity index (χ0v) is 11.1. The van der Waals surface area contributed by atoms with Crippen molar-refractivity contribution < 1.29 is 9.53 Å². The molecule has 16 heavy (non-hydrogen) atoms. The van der Waals surface area contributed by atoms with Gasteiger partial charge in [0.1, 0.15) is 5.75 Å². The standard InChI is InChI=1S/C13H18O2S/c1-13(2,3)16-9-12(14)10-6-5-7-11(8-10)15-4/h5-8H,9H2,1-4H3. The predicted octanol–water partition coefficient (Wildman–Crippen LogP) is 3.41. The Kier molecular flexibility index (Phi) is 4.42. The largest absolute Gasteiger partial charge is 0.497 e. The third-order valence-electron chi connectivity index (χ3n) is 2.03. The molecule has 0 radical (unpaired) electrons. The molecule has 0 aliphatic rings. The van der Waals surface area contributed by atoms with Crippen molar-refractivity contribution in [3.8, 4) is 5.75 Å². The van der Waals surface area contributed by atoms with Gasteiger partial charge in [0.05, 0.1) is 12.9 Å². The molecule has 0 saturated heterocycles. The number of methoxy groups -OCH3 is 1. The van der Waals surface area contributed by atoms with Crippen LogP contribution in [0.25, 0.3) is 0 Å². The van der Waals surface area contributed by atoms with Crippen molar-refractivity contribution >= 4 is 17.5 Å². The molecule has 88 valence electrons. The normalized spacial score (nSPS) is 11.2. The molecule has 0 N–H and O–H groups in total. The molecule has 0 aromatic heterocycles. The van der Waals surface area contributed by atoms with Crippen LogP contribution >= 0.6 is 11.8 Å². The highest BCUT2D eigenvalue weighted by Gasteiger charge is 2.14. The molecule has 0 amide bonds. The van der Waals surface area contributed by atoms with Gasteiger partial charge in [-0.25, -0.2) is 0 Å². The number of ether oxygens (including phenoxy) is 1. The van der Waals surface area contributed by atoms with Crippen LogP contribution in [-0.2, 0) is 0 Å². The number of carbonyl (C=O) groups excluding carboxylic acids is 1. The molecule has 0 unspecified atom stereocenters. The molecule has 3 heteroatoms. The van der Waals surface area contributed by atoms with E-state index >= 15 is 0 Å². The average molecular weight is 238 g/mol. The first-order chi connectivity index (χ1) is 7.42. The van der Waals surface area contributed by atoms with E-state index in [2.05, 4.69) is 20.8 Å². The van der Waals surface area contributed by atoms with E-state index in [9.17, 15) is 4.79 Å². The van der Waals surface area contributed by atoms with E-state index in [1.54, 1.807) is 24.9 Å². The monoisotopic (exact) mass is 238 g/mol. The highest BCUT2D eigenvalue weighted by atomic mass is 32.2. The molecule has 2 nitrogen and oxygen atoms in total. The lowest BCUT2D eigenvalue weighted by atomic mass is 10.1. The fraction of sp³-hybridized carbons (Fsp3) is 0.462. The van der Waals surface area contributed by atoms with Gasteiger partial charge < -0.3 is 4.74 Å². The molecule has 0 saturated carbocycles. The molecule has 0 aliphatic heterocycles. The van der Waals surface area contributed by atoms with E-state index in [1.807, 2.05) is 18.2 Å². The summed E-state index contributed by atoms with van der Waals surface area (Å²) in [6.45, 7) is 6.32. The van der Waals surface area contributed by atoms with Gasteiger partial charge in [0.2, 0.25) is 0 Å². The summed E-state index contributed by atoms with van der Waals surface area (Å²) in [6.07, 6.45) is 0. The van der Waals surface area contributed by atoms with Crippen LogP contribution in [-0.4, -0.2) is 23.4 Å². The van der Waals surface area contributed by atoms with Crippen LogP contribution in [0.15, 0.2) is 24.3 Å². The van der Waals surface area contributed by atoms with Gasteiger partial charge in [0.15, 0.2) is 5.78 Å². The summed E-state index contributed by atoms with van der Waals surface area (Å²) in [5.74, 6) is 1.39. The van der Waals surface area contributed by atoms with Crippen LogP contribution in [0.5, 0.6) is 5.75 Å². The van der Waals surface area contributed by atoms with Crippen molar-refractivity contribution in [1.29, 1.82) is 0 Å². The third-order valence-corrected chi connectivity index (χ3v) is 3.30. The number of rotatable bonds is 4. The summed E-state index contributed by atoms with van der Waals surface area (Å²) in [5, 5.41) is 0. The Labute approximate surface area is 101 Å². The minimum atomic E-state index is 0.120. The smallest absolute Gasteiger partial charge is 0.172 e. The Hall–Kier alpha value is -0.960. The minimum Gasteiger partial charge on any atom is -0.497 e. The quantitative estimate of drug-likeness (QED) is 0.752. The Morgan fingerprint density at radius 2 is 2.06 bits per heavy atom. The van der Waals surface area contributed by atoms with Crippen molar-refractivity contribution in [1.82, 2.24) is 0 Å². The lowest BCUT2D eigenvalue weighted by Crippen LogP contribution is -2.13. The number of ketones is 1. The summed E-state index contributed by atoms with van der Waals surface area (Å²) >= 11 is 1.66. The first-order valence-corrected chi connectivity index (χ1v) is 6.22. The third kappa shape index (κ3) is 4.27. The van der Waals surface area contributed by atoms with Crippen LogP contribution in [0.2, 0.25) is 0 Å². The van der Waals surface area contributed by atoms with E-state index in [1.165, 1.54) is 0 Å². The zero-order chi connectivity index (χ0) is 12.2. The van der Waals surface area contributed by atoms with Gasteiger partial charge in [-0.05, 0) is 12.1 Å². The topological polar surface area (TPSA) is 26.3 Å². The lowest BCUT2D eigenvalue weighted by Gasteiger charge is -2.16. The maximum Gasteiger partial charge on any atom is 0.172 e. The number of thioether (sulfide) groups is 1. The van der Waals surface area contributed by atoms with E-state index in [0.717, 1.165) is 11.3 Å². The second kappa shape index (κ2) is 5.39. The Morgan fingerprint density at radius 1 is 1.38 bits per heavy atom. The molecule has 0 atom stereocenters. The molecule has 0 aliphatic carbocycles. The first kappa shape index (κ1) is 13.1. The lowest BCUT2D eigenvalue weighted by molar-refractivity contribution is 0.102.